The number of fused-ring (bicyclic) bond motifs is 1. The summed E-state index contributed by atoms with van der Waals surface area (Å²) in [6, 6.07) is 16.0. The molecule has 2 aromatic carbocycles. The number of aromatic nitrogens is 4. The number of carbonyl (C=O) groups excluding carboxylic acids is 2. The standard InChI is InChI=1S/C25H25N7O2/c1-16-21(18-14-27-31(2)15-18)30-32(19-9-4-3-5-10-19)23(16)29-25(34)28-22-20-11-7-6-8-17(20)12-13-26-24(22)33/h3-11,14-15,22H,12-13H2,1-2H3,(H,26,33)(H2,28,29,34). The molecular weight excluding hydrogens is 430 g/mol. The fraction of sp³-hybridized carbons (Fsp3) is 0.200. The first-order valence-corrected chi connectivity index (χ1v) is 11.1. The van der Waals surface area contributed by atoms with Crippen molar-refractivity contribution in [3.63, 3.8) is 0 Å². The normalized spacial score (nSPS) is 15.2. The number of hydrogen-bond donors (Lipinski definition) is 3. The lowest BCUT2D eigenvalue weighted by Crippen LogP contribution is -2.41. The molecule has 0 bridgehead atoms. The molecule has 2 aromatic heterocycles. The van der Waals surface area contributed by atoms with Crippen molar-refractivity contribution >= 4 is 17.8 Å². The first-order chi connectivity index (χ1) is 16.5. The summed E-state index contributed by atoms with van der Waals surface area (Å²) in [5.41, 5.74) is 4.99. The van der Waals surface area contributed by atoms with Crippen LogP contribution in [0.1, 0.15) is 22.7 Å². The molecule has 1 aliphatic heterocycles. The van der Waals surface area contributed by atoms with Gasteiger partial charge in [-0.1, -0.05) is 42.5 Å². The van der Waals surface area contributed by atoms with Gasteiger partial charge in [0.15, 0.2) is 0 Å². The van der Waals surface area contributed by atoms with Crippen molar-refractivity contribution in [2.75, 3.05) is 11.9 Å². The third kappa shape index (κ3) is 4.03. The van der Waals surface area contributed by atoms with Gasteiger partial charge in [0.05, 0.1) is 11.9 Å². The summed E-state index contributed by atoms with van der Waals surface area (Å²) in [6.45, 7) is 2.43. The van der Waals surface area contributed by atoms with Gasteiger partial charge in [0.2, 0.25) is 5.91 Å². The molecule has 1 atom stereocenters. The average molecular weight is 456 g/mol. The maximum atomic E-state index is 13.2. The van der Waals surface area contributed by atoms with E-state index in [2.05, 4.69) is 21.0 Å². The molecule has 1 unspecified atom stereocenters. The highest BCUT2D eigenvalue weighted by Gasteiger charge is 2.28. The lowest BCUT2D eigenvalue weighted by Gasteiger charge is -2.19. The lowest BCUT2D eigenvalue weighted by atomic mass is 9.99. The maximum Gasteiger partial charge on any atom is 0.321 e. The van der Waals surface area contributed by atoms with E-state index in [-0.39, 0.29) is 5.91 Å². The molecule has 9 heteroatoms. The lowest BCUT2D eigenvalue weighted by molar-refractivity contribution is -0.122. The van der Waals surface area contributed by atoms with Gasteiger partial charge in [0.25, 0.3) is 0 Å². The Morgan fingerprint density at radius 1 is 1.12 bits per heavy atom. The SMILES string of the molecule is Cc1c(-c2cnn(C)c2)nn(-c2ccccc2)c1NC(=O)NC1C(=O)NCCc2ccccc21. The molecule has 9 nitrogen and oxygen atoms in total. The van der Waals surface area contributed by atoms with Crippen molar-refractivity contribution in [3.05, 3.63) is 83.7 Å². The minimum absolute atomic E-state index is 0.232. The monoisotopic (exact) mass is 455 g/mol. The first-order valence-electron chi connectivity index (χ1n) is 11.1. The quantitative estimate of drug-likeness (QED) is 0.440. The van der Waals surface area contributed by atoms with Crippen LogP contribution in [0.2, 0.25) is 0 Å². The summed E-state index contributed by atoms with van der Waals surface area (Å²) in [5, 5.41) is 17.7. The molecule has 3 heterocycles. The first kappa shape index (κ1) is 21.4. The molecule has 172 valence electrons. The van der Waals surface area contributed by atoms with E-state index in [0.29, 0.717) is 18.1 Å². The topological polar surface area (TPSA) is 106 Å². The fourth-order valence-corrected chi connectivity index (χ4v) is 4.24. The van der Waals surface area contributed by atoms with Gasteiger partial charge in [-0.15, -0.1) is 0 Å². The number of urea groups is 1. The van der Waals surface area contributed by atoms with Crippen molar-refractivity contribution in [2.45, 2.75) is 19.4 Å². The zero-order chi connectivity index (χ0) is 23.7. The molecule has 0 aliphatic carbocycles. The number of para-hydroxylation sites is 1. The predicted octanol–water partition coefficient (Wildman–Crippen LogP) is 3.12. The van der Waals surface area contributed by atoms with Crippen LogP contribution < -0.4 is 16.0 Å². The Labute approximate surface area is 196 Å². The summed E-state index contributed by atoms with van der Waals surface area (Å²) in [6.07, 6.45) is 4.33. The molecule has 5 rings (SSSR count). The van der Waals surface area contributed by atoms with Crippen molar-refractivity contribution in [3.8, 4) is 16.9 Å². The van der Waals surface area contributed by atoms with Crippen LogP contribution in [0.15, 0.2) is 67.0 Å². The van der Waals surface area contributed by atoms with E-state index in [1.165, 1.54) is 0 Å². The zero-order valence-corrected chi connectivity index (χ0v) is 18.9. The zero-order valence-electron chi connectivity index (χ0n) is 18.9. The number of carbonyl (C=O) groups is 2. The van der Waals surface area contributed by atoms with Gasteiger partial charge in [-0.3, -0.25) is 14.8 Å². The van der Waals surface area contributed by atoms with Crippen LogP contribution in [0, 0.1) is 6.92 Å². The van der Waals surface area contributed by atoms with Crippen LogP contribution in [-0.4, -0.2) is 38.0 Å². The molecular formula is C25H25N7O2. The van der Waals surface area contributed by atoms with E-state index >= 15 is 0 Å². The van der Waals surface area contributed by atoms with Crippen LogP contribution in [0.4, 0.5) is 10.6 Å². The van der Waals surface area contributed by atoms with E-state index in [1.807, 2.05) is 74.8 Å². The highest BCUT2D eigenvalue weighted by molar-refractivity contribution is 5.95. The van der Waals surface area contributed by atoms with Gasteiger partial charge in [-0.2, -0.15) is 10.2 Å². The second-order valence-corrected chi connectivity index (χ2v) is 8.24. The van der Waals surface area contributed by atoms with Crippen LogP contribution in [0.5, 0.6) is 0 Å². The van der Waals surface area contributed by atoms with Crippen molar-refractivity contribution < 1.29 is 9.59 Å². The van der Waals surface area contributed by atoms with Crippen LogP contribution in [0.25, 0.3) is 16.9 Å². The Hall–Kier alpha value is -4.40. The molecule has 0 fully saturated rings. The Bertz CT molecular complexity index is 1360. The number of hydrogen-bond acceptors (Lipinski definition) is 4. The summed E-state index contributed by atoms with van der Waals surface area (Å²) >= 11 is 0. The van der Waals surface area contributed by atoms with E-state index in [4.69, 9.17) is 5.10 Å². The Morgan fingerprint density at radius 2 is 1.88 bits per heavy atom. The Balaban J connectivity index is 1.49. The number of nitrogens with zero attached hydrogens (tertiary/aromatic N) is 4. The second kappa shape index (κ2) is 8.86. The minimum Gasteiger partial charge on any atom is -0.354 e. The molecule has 0 spiro atoms. The molecule has 3 amide bonds. The molecule has 1 aliphatic rings. The molecule has 3 N–H and O–H groups in total. The Morgan fingerprint density at radius 3 is 2.65 bits per heavy atom. The van der Waals surface area contributed by atoms with Crippen LogP contribution >= 0.6 is 0 Å². The summed E-state index contributed by atoms with van der Waals surface area (Å²) in [4.78, 5) is 25.9. The highest BCUT2D eigenvalue weighted by atomic mass is 16.2. The second-order valence-electron chi connectivity index (χ2n) is 8.24. The Kier molecular flexibility index (Phi) is 5.59. The van der Waals surface area contributed by atoms with Gasteiger partial charge in [-0.05, 0) is 36.6 Å². The predicted molar refractivity (Wildman–Crippen MR) is 129 cm³/mol. The third-order valence-electron chi connectivity index (χ3n) is 5.93. The number of amides is 3. The molecule has 0 radical (unpaired) electrons. The van der Waals surface area contributed by atoms with Crippen molar-refractivity contribution in [2.24, 2.45) is 7.05 Å². The minimum atomic E-state index is -0.787. The van der Waals surface area contributed by atoms with E-state index in [9.17, 15) is 9.59 Å². The summed E-state index contributed by atoms with van der Waals surface area (Å²) in [7, 11) is 1.84. The number of benzene rings is 2. The summed E-state index contributed by atoms with van der Waals surface area (Å²) in [5.74, 6) is 0.286. The number of rotatable bonds is 4. The van der Waals surface area contributed by atoms with Gasteiger partial charge in [0, 0.05) is 30.9 Å². The molecule has 34 heavy (non-hydrogen) atoms. The van der Waals surface area contributed by atoms with Crippen molar-refractivity contribution in [1.29, 1.82) is 0 Å². The highest BCUT2D eigenvalue weighted by Crippen LogP contribution is 2.30. The molecule has 4 aromatic rings. The molecule has 0 saturated heterocycles. The van der Waals surface area contributed by atoms with Crippen LogP contribution in [0.3, 0.4) is 0 Å². The van der Waals surface area contributed by atoms with Gasteiger partial charge >= 0.3 is 6.03 Å². The number of nitrogens with one attached hydrogen (secondary N) is 3. The molecule has 0 saturated carbocycles. The maximum absolute atomic E-state index is 13.2. The fourth-order valence-electron chi connectivity index (χ4n) is 4.24. The van der Waals surface area contributed by atoms with Crippen molar-refractivity contribution in [1.82, 2.24) is 30.2 Å². The van der Waals surface area contributed by atoms with E-state index in [0.717, 1.165) is 34.4 Å². The van der Waals surface area contributed by atoms with Gasteiger partial charge < -0.3 is 10.6 Å². The largest absolute Gasteiger partial charge is 0.354 e. The number of anilines is 1. The number of aryl methyl sites for hydroxylation is 1. The van der Waals surface area contributed by atoms with Gasteiger partial charge in [0.1, 0.15) is 17.6 Å². The summed E-state index contributed by atoms with van der Waals surface area (Å²) < 4.78 is 3.40. The van der Waals surface area contributed by atoms with E-state index < -0.39 is 12.1 Å². The van der Waals surface area contributed by atoms with Gasteiger partial charge in [-0.25, -0.2) is 9.48 Å². The van der Waals surface area contributed by atoms with Crippen LogP contribution in [-0.2, 0) is 18.3 Å². The third-order valence-corrected chi connectivity index (χ3v) is 5.93. The van der Waals surface area contributed by atoms with E-state index in [1.54, 1.807) is 15.6 Å². The smallest absolute Gasteiger partial charge is 0.321 e. The average Bonchev–Trinajstić information content (AvgIpc) is 3.36.